The van der Waals surface area contributed by atoms with Gasteiger partial charge in [-0.15, -0.1) is 11.3 Å². The lowest BCUT2D eigenvalue weighted by atomic mass is 10.2. The third kappa shape index (κ3) is 4.87. The molecule has 4 N–H and O–H groups in total. The van der Waals surface area contributed by atoms with Crippen LogP contribution < -0.4 is 20.9 Å². The van der Waals surface area contributed by atoms with Crippen molar-refractivity contribution in [2.24, 2.45) is 0 Å². The average Bonchev–Trinajstić information content (AvgIpc) is 3.20. The highest BCUT2D eigenvalue weighted by Gasteiger charge is 2.16. The molecule has 3 amide bonds. The second-order valence-electron chi connectivity index (χ2n) is 5.87. The normalized spacial score (nSPS) is 11.4. The van der Waals surface area contributed by atoms with Gasteiger partial charge < -0.3 is 15.4 Å². The first kappa shape index (κ1) is 19.4. The standard InChI is InChI=1S/C20H19N3O4S/c1-13(17-11-12-18(28-17)19(24)23-26)21-20(25)22-15-9-5-6-10-16(15)27-14-7-3-2-4-8-14/h2-13,26H,1H3,(H,23,24)(H2,21,22,25). The molecule has 0 fully saturated rings. The first-order chi connectivity index (χ1) is 13.6. The molecule has 1 heterocycles. The summed E-state index contributed by atoms with van der Waals surface area (Å²) in [7, 11) is 0. The van der Waals surface area contributed by atoms with Crippen molar-refractivity contribution >= 4 is 29.0 Å². The monoisotopic (exact) mass is 397 g/mol. The van der Waals surface area contributed by atoms with E-state index in [4.69, 9.17) is 9.94 Å². The highest BCUT2D eigenvalue weighted by Crippen LogP contribution is 2.29. The number of benzene rings is 2. The predicted molar refractivity (Wildman–Crippen MR) is 107 cm³/mol. The summed E-state index contributed by atoms with van der Waals surface area (Å²) < 4.78 is 5.83. The number of hydrogen-bond acceptors (Lipinski definition) is 5. The Hall–Kier alpha value is -3.36. The summed E-state index contributed by atoms with van der Waals surface area (Å²) in [5.41, 5.74) is 2.12. The first-order valence-corrected chi connectivity index (χ1v) is 9.32. The summed E-state index contributed by atoms with van der Waals surface area (Å²) in [5, 5.41) is 14.3. The summed E-state index contributed by atoms with van der Waals surface area (Å²) in [5.74, 6) is 0.605. The third-order valence-electron chi connectivity index (χ3n) is 3.83. The molecule has 0 aliphatic heterocycles. The van der Waals surface area contributed by atoms with Gasteiger partial charge >= 0.3 is 6.03 Å². The van der Waals surface area contributed by atoms with E-state index in [-0.39, 0.29) is 6.04 Å². The molecule has 0 aliphatic rings. The highest BCUT2D eigenvalue weighted by molar-refractivity contribution is 7.14. The summed E-state index contributed by atoms with van der Waals surface area (Å²) >= 11 is 1.19. The number of anilines is 1. The van der Waals surface area contributed by atoms with Crippen LogP contribution in [0.25, 0.3) is 0 Å². The minimum absolute atomic E-state index is 0.326. The van der Waals surface area contributed by atoms with Gasteiger partial charge in [0.2, 0.25) is 0 Å². The number of hydrogen-bond donors (Lipinski definition) is 4. The molecule has 0 saturated carbocycles. The minimum atomic E-state index is -0.583. The molecule has 28 heavy (non-hydrogen) atoms. The molecule has 2 aromatic carbocycles. The van der Waals surface area contributed by atoms with E-state index in [1.165, 1.54) is 11.3 Å². The van der Waals surface area contributed by atoms with Gasteiger partial charge in [0.15, 0.2) is 5.75 Å². The SMILES string of the molecule is CC(NC(=O)Nc1ccccc1Oc1ccccc1)c1ccc(C(=O)NO)s1. The van der Waals surface area contributed by atoms with Crippen molar-refractivity contribution in [3.63, 3.8) is 0 Å². The maximum Gasteiger partial charge on any atom is 0.319 e. The number of urea groups is 1. The summed E-state index contributed by atoms with van der Waals surface area (Å²) in [4.78, 5) is 25.0. The second kappa shape index (κ2) is 9.03. The van der Waals surface area contributed by atoms with Gasteiger partial charge in [-0.1, -0.05) is 30.3 Å². The lowest BCUT2D eigenvalue weighted by molar-refractivity contribution is 0.0711. The summed E-state index contributed by atoms with van der Waals surface area (Å²) in [6.45, 7) is 1.80. The zero-order valence-electron chi connectivity index (χ0n) is 15.0. The Morgan fingerprint density at radius 2 is 1.71 bits per heavy atom. The van der Waals surface area contributed by atoms with Crippen LogP contribution in [-0.4, -0.2) is 17.1 Å². The number of nitrogens with one attached hydrogen (secondary N) is 3. The van der Waals surface area contributed by atoms with Gasteiger partial charge in [0.25, 0.3) is 5.91 Å². The molecular weight excluding hydrogens is 378 g/mol. The van der Waals surface area contributed by atoms with Gasteiger partial charge in [0, 0.05) is 4.88 Å². The Morgan fingerprint density at radius 3 is 2.46 bits per heavy atom. The van der Waals surface area contributed by atoms with Crippen molar-refractivity contribution in [1.29, 1.82) is 0 Å². The van der Waals surface area contributed by atoms with E-state index in [1.54, 1.807) is 42.7 Å². The van der Waals surface area contributed by atoms with Crippen LogP contribution in [0, 0.1) is 0 Å². The summed E-state index contributed by atoms with van der Waals surface area (Å²) in [6.07, 6.45) is 0. The average molecular weight is 397 g/mol. The molecule has 0 aliphatic carbocycles. The molecule has 3 rings (SSSR count). The van der Waals surface area contributed by atoms with Gasteiger partial charge in [-0.25, -0.2) is 10.3 Å². The van der Waals surface area contributed by atoms with E-state index >= 15 is 0 Å². The summed E-state index contributed by atoms with van der Waals surface area (Å²) in [6, 6.07) is 19.0. The van der Waals surface area contributed by atoms with Gasteiger partial charge in [-0.05, 0) is 43.3 Å². The van der Waals surface area contributed by atoms with Crippen LogP contribution in [0.4, 0.5) is 10.5 Å². The van der Waals surface area contributed by atoms with E-state index in [0.29, 0.717) is 22.1 Å². The smallest absolute Gasteiger partial charge is 0.319 e. The number of hydroxylamine groups is 1. The van der Waals surface area contributed by atoms with Gasteiger partial charge in [0.1, 0.15) is 5.75 Å². The zero-order chi connectivity index (χ0) is 19.9. The molecule has 0 spiro atoms. The topological polar surface area (TPSA) is 99.7 Å². The number of rotatable bonds is 6. The molecule has 1 unspecified atom stereocenters. The number of amides is 3. The lowest BCUT2D eigenvalue weighted by Gasteiger charge is -2.15. The van der Waals surface area contributed by atoms with Crippen LogP contribution in [0.5, 0.6) is 11.5 Å². The Kier molecular flexibility index (Phi) is 6.25. The quantitative estimate of drug-likeness (QED) is 0.362. The van der Waals surface area contributed by atoms with E-state index < -0.39 is 11.9 Å². The molecule has 3 aromatic rings. The highest BCUT2D eigenvalue weighted by atomic mass is 32.1. The third-order valence-corrected chi connectivity index (χ3v) is 5.10. The molecule has 7 nitrogen and oxygen atoms in total. The van der Waals surface area contributed by atoms with Crippen LogP contribution in [0.15, 0.2) is 66.7 Å². The fraction of sp³-hybridized carbons (Fsp3) is 0.100. The van der Waals surface area contributed by atoms with Crippen LogP contribution in [0.2, 0.25) is 0 Å². The van der Waals surface area contributed by atoms with Crippen molar-refractivity contribution in [3.05, 3.63) is 76.5 Å². The number of ether oxygens (including phenoxy) is 1. The van der Waals surface area contributed by atoms with E-state index in [9.17, 15) is 9.59 Å². The molecular formula is C20H19N3O4S. The van der Waals surface area contributed by atoms with Crippen LogP contribution in [0.3, 0.4) is 0 Å². The largest absolute Gasteiger partial charge is 0.455 e. The lowest BCUT2D eigenvalue weighted by Crippen LogP contribution is -2.30. The van der Waals surface area contributed by atoms with Crippen molar-refractivity contribution in [2.45, 2.75) is 13.0 Å². The van der Waals surface area contributed by atoms with Gasteiger partial charge in [0.05, 0.1) is 16.6 Å². The fourth-order valence-electron chi connectivity index (χ4n) is 2.46. The zero-order valence-corrected chi connectivity index (χ0v) is 15.8. The molecule has 1 atom stereocenters. The molecule has 0 bridgehead atoms. The van der Waals surface area contributed by atoms with Crippen molar-refractivity contribution in [3.8, 4) is 11.5 Å². The fourth-order valence-corrected chi connectivity index (χ4v) is 3.36. The number of para-hydroxylation sites is 3. The molecule has 1 aromatic heterocycles. The molecule has 8 heteroatoms. The Bertz CT molecular complexity index is 959. The van der Waals surface area contributed by atoms with Gasteiger partial charge in [-0.2, -0.15) is 0 Å². The first-order valence-electron chi connectivity index (χ1n) is 8.50. The van der Waals surface area contributed by atoms with Crippen LogP contribution in [-0.2, 0) is 0 Å². The van der Waals surface area contributed by atoms with E-state index in [1.807, 2.05) is 36.4 Å². The van der Waals surface area contributed by atoms with Crippen molar-refractivity contribution in [2.75, 3.05) is 5.32 Å². The van der Waals surface area contributed by atoms with Crippen molar-refractivity contribution < 1.29 is 19.5 Å². The van der Waals surface area contributed by atoms with Crippen LogP contribution in [0.1, 0.15) is 27.5 Å². The minimum Gasteiger partial charge on any atom is -0.455 e. The molecule has 0 radical (unpaired) electrons. The molecule has 144 valence electrons. The maximum absolute atomic E-state index is 12.4. The van der Waals surface area contributed by atoms with Gasteiger partial charge in [-0.3, -0.25) is 10.0 Å². The molecule has 0 saturated heterocycles. The predicted octanol–water partition coefficient (Wildman–Crippen LogP) is 4.54. The van der Waals surface area contributed by atoms with E-state index in [0.717, 1.165) is 4.88 Å². The number of carbonyl (C=O) groups excluding carboxylic acids is 2. The Labute approximate surface area is 165 Å². The number of carbonyl (C=O) groups is 2. The van der Waals surface area contributed by atoms with E-state index in [2.05, 4.69) is 10.6 Å². The maximum atomic E-state index is 12.4. The Balaban J connectivity index is 1.65. The Morgan fingerprint density at radius 1 is 1.00 bits per heavy atom. The van der Waals surface area contributed by atoms with Crippen molar-refractivity contribution in [1.82, 2.24) is 10.8 Å². The van der Waals surface area contributed by atoms with Crippen LogP contribution >= 0.6 is 11.3 Å². The number of thiophene rings is 1. The second-order valence-corrected chi connectivity index (χ2v) is 6.99.